The Kier molecular flexibility index (Phi) is 6.53. The number of allylic oxidation sites excluding steroid dienone is 1. The molecule has 0 saturated heterocycles. The average molecular weight is 453 g/mol. The van der Waals surface area contributed by atoms with E-state index in [-0.39, 0.29) is 46.7 Å². The van der Waals surface area contributed by atoms with Crippen LogP contribution in [-0.4, -0.2) is 21.9 Å². The van der Waals surface area contributed by atoms with Crippen LogP contribution in [0.3, 0.4) is 0 Å². The van der Waals surface area contributed by atoms with Crippen molar-refractivity contribution in [1.82, 2.24) is 4.57 Å². The maximum Gasteiger partial charge on any atom is 1.00 e. The van der Waals surface area contributed by atoms with Gasteiger partial charge < -0.3 is 15.0 Å². The molecule has 0 bridgehead atoms. The van der Waals surface area contributed by atoms with Crippen molar-refractivity contribution in [3.63, 3.8) is 0 Å². The van der Waals surface area contributed by atoms with Crippen LogP contribution in [0.15, 0.2) is 83.9 Å². The molecule has 1 N–H and O–H groups in total. The molecule has 0 aliphatic carbocycles. The fraction of sp³-hybridized carbons (Fsp3) is 0. The van der Waals surface area contributed by atoms with E-state index in [9.17, 15) is 15.0 Å². The first-order valence-electron chi connectivity index (χ1n) is 10.2. The monoisotopic (exact) mass is 453 g/mol. The minimum absolute atomic E-state index is 0. The third kappa shape index (κ3) is 3.97. The number of benzene rings is 3. The summed E-state index contributed by atoms with van der Waals surface area (Å²) in [5.41, 5.74) is 4.94. The van der Waals surface area contributed by atoms with Crippen molar-refractivity contribution in [1.29, 1.82) is 0 Å². The zero-order chi connectivity index (χ0) is 22.9. The summed E-state index contributed by atoms with van der Waals surface area (Å²) in [6.45, 7) is 7.76. The van der Waals surface area contributed by atoms with Gasteiger partial charge in [0.2, 0.25) is 0 Å². The van der Waals surface area contributed by atoms with Gasteiger partial charge in [-0.15, -0.1) is 0 Å². The van der Waals surface area contributed by atoms with Crippen molar-refractivity contribution in [3.8, 4) is 22.7 Å². The van der Waals surface area contributed by atoms with E-state index >= 15 is 0 Å². The Bertz CT molecular complexity index is 1500. The van der Waals surface area contributed by atoms with Crippen LogP contribution in [-0.2, 0) is 0 Å². The summed E-state index contributed by atoms with van der Waals surface area (Å²) >= 11 is 0. The van der Waals surface area contributed by atoms with Gasteiger partial charge >= 0.3 is 29.6 Å². The molecule has 5 rings (SSSR count). The average Bonchev–Trinajstić information content (AvgIpc) is 3.37. The molecule has 0 spiro atoms. The molecule has 34 heavy (non-hydrogen) atoms. The van der Waals surface area contributed by atoms with E-state index in [1.54, 1.807) is 16.8 Å². The summed E-state index contributed by atoms with van der Waals surface area (Å²) in [5, 5.41) is 22.3. The number of aliphatic imine (C=N–C) groups is 1. The summed E-state index contributed by atoms with van der Waals surface area (Å²) in [4.78, 5) is 19.2. The van der Waals surface area contributed by atoms with Crippen molar-refractivity contribution < 1.29 is 44.6 Å². The topological polar surface area (TPSA) is 82.0 Å². The van der Waals surface area contributed by atoms with Gasteiger partial charge in [0.25, 0.3) is 5.69 Å². The van der Waals surface area contributed by atoms with Gasteiger partial charge in [-0.3, -0.25) is 9.56 Å². The van der Waals surface area contributed by atoms with Crippen LogP contribution in [0.5, 0.6) is 5.88 Å². The van der Waals surface area contributed by atoms with E-state index in [0.29, 0.717) is 22.6 Å². The van der Waals surface area contributed by atoms with Gasteiger partial charge in [0.05, 0.1) is 18.2 Å². The molecule has 158 valence electrons. The Morgan fingerprint density at radius 2 is 1.71 bits per heavy atom. The van der Waals surface area contributed by atoms with Gasteiger partial charge in [-0.1, -0.05) is 60.7 Å². The number of fused-ring (bicyclic) bond motifs is 1. The maximum absolute atomic E-state index is 11.2. The Morgan fingerprint density at radius 3 is 2.35 bits per heavy atom. The number of carboxylic acid groups (broad SMARTS) is 1. The minimum Gasteiger partial charge on any atom is -0.545 e. The molecule has 7 heteroatoms. The number of nitrogens with zero attached hydrogens (tertiary/aromatic N) is 3. The molecule has 0 amide bonds. The fourth-order valence-electron chi connectivity index (χ4n) is 4.02. The quantitative estimate of drug-likeness (QED) is 0.379. The van der Waals surface area contributed by atoms with Crippen LogP contribution < -0.4 is 34.7 Å². The number of aromatic nitrogens is 1. The summed E-state index contributed by atoms with van der Waals surface area (Å²) in [7, 11) is 0. The molecule has 1 aliphatic heterocycles. The second-order valence-electron chi connectivity index (χ2n) is 7.46. The first kappa shape index (κ1) is 23.3. The number of carbonyl (C=O) groups is 1. The molecular formula is C27H16N3NaO3. The van der Waals surface area contributed by atoms with Gasteiger partial charge in [-0.25, -0.2) is 4.85 Å². The Balaban J connectivity index is 0.00000274. The zero-order valence-corrected chi connectivity index (χ0v) is 20.3. The number of hydrogen-bond acceptors (Lipinski definition) is 4. The number of aromatic hydroxyl groups is 1. The van der Waals surface area contributed by atoms with E-state index < -0.39 is 5.97 Å². The second-order valence-corrected chi connectivity index (χ2v) is 7.46. The first-order chi connectivity index (χ1) is 16.1. The number of rotatable bonds is 4. The van der Waals surface area contributed by atoms with Crippen molar-refractivity contribution >= 4 is 35.2 Å². The third-order valence-corrected chi connectivity index (χ3v) is 5.53. The molecule has 0 saturated carbocycles. The molecule has 1 aliphatic rings. The maximum atomic E-state index is 11.2. The van der Waals surface area contributed by atoms with Gasteiger partial charge in [0.15, 0.2) is 5.88 Å². The molecule has 0 radical (unpaired) electrons. The minimum atomic E-state index is -1.26. The SMILES string of the molecule is [C-]#[N+]c1c(-c2ccccc2)c(/C=C2/C=Nc3cc(C(=O)[O-])ccc32)n(-c2ccccc2)c1O.[Na+]. The number of carbonyl (C=O) groups excluding carboxylic acids is 1. The number of para-hydroxylation sites is 1. The van der Waals surface area contributed by atoms with Crippen molar-refractivity contribution in [3.05, 3.63) is 107 Å². The molecule has 2 heterocycles. The normalized spacial score (nSPS) is 12.7. The summed E-state index contributed by atoms with van der Waals surface area (Å²) in [6, 6.07) is 23.4. The van der Waals surface area contributed by atoms with Crippen LogP contribution in [0.1, 0.15) is 21.6 Å². The molecule has 4 aromatic rings. The van der Waals surface area contributed by atoms with E-state index in [0.717, 1.165) is 16.7 Å². The number of hydrogen-bond donors (Lipinski definition) is 1. The van der Waals surface area contributed by atoms with E-state index in [1.165, 1.54) is 12.1 Å². The van der Waals surface area contributed by atoms with Crippen LogP contribution >= 0.6 is 0 Å². The number of carboxylic acids is 1. The predicted molar refractivity (Wildman–Crippen MR) is 126 cm³/mol. The summed E-state index contributed by atoms with van der Waals surface area (Å²) in [5.74, 6) is -1.41. The van der Waals surface area contributed by atoms with Gasteiger partial charge in [-0.2, -0.15) is 0 Å². The molecular weight excluding hydrogens is 437 g/mol. The van der Waals surface area contributed by atoms with Gasteiger partial charge in [-0.05, 0) is 35.4 Å². The summed E-state index contributed by atoms with van der Waals surface area (Å²) < 4.78 is 1.64. The predicted octanol–water partition coefficient (Wildman–Crippen LogP) is 2.02. The van der Waals surface area contributed by atoms with Gasteiger partial charge in [0, 0.05) is 34.3 Å². The van der Waals surface area contributed by atoms with E-state index in [2.05, 4.69) is 9.84 Å². The molecule has 0 atom stereocenters. The van der Waals surface area contributed by atoms with Crippen LogP contribution in [0.2, 0.25) is 0 Å². The Morgan fingerprint density at radius 1 is 1.03 bits per heavy atom. The Hall–Kier alpha value is -3.89. The van der Waals surface area contributed by atoms with Crippen molar-refractivity contribution in [2.24, 2.45) is 4.99 Å². The third-order valence-electron chi connectivity index (χ3n) is 5.53. The van der Waals surface area contributed by atoms with Crippen molar-refractivity contribution in [2.45, 2.75) is 0 Å². The van der Waals surface area contributed by atoms with Crippen LogP contribution in [0, 0.1) is 6.57 Å². The molecule has 0 unspecified atom stereocenters. The molecule has 3 aromatic carbocycles. The second kappa shape index (κ2) is 9.54. The first-order valence-corrected chi connectivity index (χ1v) is 10.2. The van der Waals surface area contributed by atoms with Crippen LogP contribution in [0.4, 0.5) is 11.4 Å². The van der Waals surface area contributed by atoms with Gasteiger partial charge in [0.1, 0.15) is 0 Å². The number of aromatic carboxylic acids is 1. The summed E-state index contributed by atoms with van der Waals surface area (Å²) in [6.07, 6.45) is 3.51. The molecule has 0 fully saturated rings. The molecule has 1 aromatic heterocycles. The largest absolute Gasteiger partial charge is 1.00 e. The molecule has 6 nitrogen and oxygen atoms in total. The standard InChI is InChI=1S/C27H17N3O3.Na/c1-28-25-24(17-8-4-2-5-9-17)23(30(26(25)31)20-10-6-3-7-11-20)15-19-16-29-22-14-18(27(32)33)12-13-21(19)22;/h2-16,31H,(H,32,33);/q;+1/p-1/b19-15-;. The van der Waals surface area contributed by atoms with Crippen molar-refractivity contribution in [2.75, 3.05) is 0 Å². The fourth-order valence-corrected chi connectivity index (χ4v) is 4.02. The van der Waals surface area contributed by atoms with E-state index in [4.69, 9.17) is 6.57 Å². The Labute approximate surface area is 218 Å². The van der Waals surface area contributed by atoms with E-state index in [1.807, 2.05) is 66.7 Å². The zero-order valence-electron chi connectivity index (χ0n) is 18.3. The van der Waals surface area contributed by atoms with Crippen LogP contribution in [0.25, 0.3) is 33.3 Å². The smallest absolute Gasteiger partial charge is 0.545 e.